The molecule has 1 saturated carbocycles. The van der Waals surface area contributed by atoms with Crippen LogP contribution >= 0.6 is 24.0 Å². The zero-order valence-electron chi connectivity index (χ0n) is 15.4. The van der Waals surface area contributed by atoms with Crippen molar-refractivity contribution in [1.29, 1.82) is 0 Å². The molecule has 4 nitrogen and oxygen atoms in total. The highest BCUT2D eigenvalue weighted by atomic mass is 127. The second-order valence-electron chi connectivity index (χ2n) is 6.64. The van der Waals surface area contributed by atoms with Crippen LogP contribution in [0.25, 0.3) is 0 Å². The molecule has 0 unspecified atom stereocenters. The van der Waals surface area contributed by atoms with E-state index in [9.17, 15) is 13.2 Å². The number of aliphatic imine (C=N–C) groups is 1. The molecule has 1 rings (SSSR count). The molecule has 0 bridgehead atoms. The van der Waals surface area contributed by atoms with Gasteiger partial charge in [-0.1, -0.05) is 12.8 Å². The van der Waals surface area contributed by atoms with Gasteiger partial charge in [-0.15, -0.1) is 24.0 Å². The first kappa shape index (κ1) is 24.8. The smallest absolute Gasteiger partial charge is 0.385 e. The van der Waals surface area contributed by atoms with Crippen LogP contribution in [-0.2, 0) is 4.74 Å². The second kappa shape index (κ2) is 13.0. The molecular formula is C17H33F3IN3O. The van der Waals surface area contributed by atoms with E-state index in [1.165, 1.54) is 25.7 Å². The number of unbranched alkanes of at least 4 members (excludes halogenated alkanes) is 1. The van der Waals surface area contributed by atoms with Gasteiger partial charge >= 0.3 is 6.18 Å². The van der Waals surface area contributed by atoms with Gasteiger partial charge in [-0.05, 0) is 44.4 Å². The van der Waals surface area contributed by atoms with Crippen LogP contribution in [0.3, 0.4) is 0 Å². The van der Waals surface area contributed by atoms with Gasteiger partial charge in [0.1, 0.15) is 0 Å². The Morgan fingerprint density at radius 1 is 1.16 bits per heavy atom. The van der Waals surface area contributed by atoms with E-state index in [2.05, 4.69) is 15.6 Å². The number of nitrogens with zero attached hydrogens (tertiary/aromatic N) is 1. The van der Waals surface area contributed by atoms with Crippen molar-refractivity contribution in [2.75, 3.05) is 33.4 Å². The van der Waals surface area contributed by atoms with Gasteiger partial charge in [0, 0.05) is 39.8 Å². The average molecular weight is 479 g/mol. The molecule has 0 spiro atoms. The lowest BCUT2D eigenvalue weighted by Gasteiger charge is -2.27. The summed E-state index contributed by atoms with van der Waals surface area (Å²) in [6.07, 6.45) is 1.68. The second-order valence-corrected chi connectivity index (χ2v) is 6.64. The number of rotatable bonds is 10. The number of guanidine groups is 1. The van der Waals surface area contributed by atoms with Crippen LogP contribution in [0.2, 0.25) is 0 Å². The Balaban J connectivity index is 0.00000576. The molecule has 0 aromatic carbocycles. The molecule has 0 aromatic rings. The van der Waals surface area contributed by atoms with Gasteiger partial charge in [0.25, 0.3) is 0 Å². The van der Waals surface area contributed by atoms with Crippen LogP contribution < -0.4 is 10.6 Å². The molecule has 2 N–H and O–H groups in total. The molecular weight excluding hydrogens is 446 g/mol. The summed E-state index contributed by atoms with van der Waals surface area (Å²) in [4.78, 5) is 4.68. The molecule has 8 heteroatoms. The van der Waals surface area contributed by atoms with E-state index >= 15 is 0 Å². The summed E-state index contributed by atoms with van der Waals surface area (Å²) in [5, 5.41) is 6.32. The maximum Gasteiger partial charge on any atom is 0.389 e. The number of halogens is 4. The molecule has 1 aliphatic carbocycles. The van der Waals surface area contributed by atoms with Crippen molar-refractivity contribution < 1.29 is 17.9 Å². The zero-order chi connectivity index (χ0) is 17.9. The normalized spacial score (nSPS) is 17.2. The Morgan fingerprint density at radius 2 is 1.84 bits per heavy atom. The third-order valence-electron chi connectivity index (χ3n) is 4.60. The fourth-order valence-electron chi connectivity index (χ4n) is 3.18. The summed E-state index contributed by atoms with van der Waals surface area (Å²) in [6, 6.07) is 0. The van der Waals surface area contributed by atoms with E-state index in [-0.39, 0.29) is 35.8 Å². The van der Waals surface area contributed by atoms with E-state index in [0.717, 1.165) is 26.1 Å². The van der Waals surface area contributed by atoms with E-state index in [4.69, 9.17) is 4.74 Å². The predicted molar refractivity (Wildman–Crippen MR) is 107 cm³/mol. The Morgan fingerprint density at radius 3 is 2.40 bits per heavy atom. The van der Waals surface area contributed by atoms with E-state index in [1.807, 2.05) is 6.92 Å². The molecule has 25 heavy (non-hydrogen) atoms. The fourth-order valence-corrected chi connectivity index (χ4v) is 3.18. The standard InChI is InChI=1S/C17H32F3N3O.HI/c1-3-21-15(22-12-7-6-10-17(18,19)20)23-14-16(11-13-24-2)8-4-5-9-16;/h3-14H2,1-2H3,(H2,21,22,23);1H. The third-order valence-corrected chi connectivity index (χ3v) is 4.60. The topological polar surface area (TPSA) is 45.7 Å². The summed E-state index contributed by atoms with van der Waals surface area (Å²) >= 11 is 0. The van der Waals surface area contributed by atoms with Crippen molar-refractivity contribution in [3.63, 3.8) is 0 Å². The first-order valence-electron chi connectivity index (χ1n) is 8.99. The molecule has 0 radical (unpaired) electrons. The lowest BCUT2D eigenvalue weighted by atomic mass is 9.83. The highest BCUT2D eigenvalue weighted by Crippen LogP contribution is 2.41. The average Bonchev–Trinajstić information content (AvgIpc) is 2.98. The van der Waals surface area contributed by atoms with Crippen molar-refractivity contribution in [3.8, 4) is 0 Å². The first-order chi connectivity index (χ1) is 11.4. The van der Waals surface area contributed by atoms with Gasteiger partial charge in [0.15, 0.2) is 5.96 Å². The van der Waals surface area contributed by atoms with Crippen molar-refractivity contribution in [2.24, 2.45) is 10.4 Å². The lowest BCUT2D eigenvalue weighted by molar-refractivity contribution is -0.135. The maximum atomic E-state index is 12.1. The molecule has 0 aromatic heterocycles. The van der Waals surface area contributed by atoms with Crippen LogP contribution in [0, 0.1) is 5.41 Å². The van der Waals surface area contributed by atoms with Crippen molar-refractivity contribution in [1.82, 2.24) is 10.6 Å². The highest BCUT2D eigenvalue weighted by Gasteiger charge is 2.33. The van der Waals surface area contributed by atoms with Crippen LogP contribution in [-0.4, -0.2) is 45.5 Å². The van der Waals surface area contributed by atoms with Gasteiger partial charge < -0.3 is 15.4 Å². The van der Waals surface area contributed by atoms with E-state index in [0.29, 0.717) is 18.9 Å². The Hall–Kier alpha value is -0.250. The van der Waals surface area contributed by atoms with Crippen LogP contribution in [0.15, 0.2) is 4.99 Å². The molecule has 0 aliphatic heterocycles. The first-order valence-corrected chi connectivity index (χ1v) is 8.99. The van der Waals surface area contributed by atoms with Gasteiger partial charge in [-0.25, -0.2) is 0 Å². The minimum Gasteiger partial charge on any atom is -0.385 e. The van der Waals surface area contributed by atoms with Crippen LogP contribution in [0.1, 0.15) is 58.3 Å². The van der Waals surface area contributed by atoms with Crippen molar-refractivity contribution >= 4 is 29.9 Å². The summed E-state index contributed by atoms with van der Waals surface area (Å²) in [7, 11) is 1.72. The minimum absolute atomic E-state index is 0. The lowest BCUT2D eigenvalue weighted by Crippen LogP contribution is -2.39. The Kier molecular flexibility index (Phi) is 12.9. The number of hydrogen-bond acceptors (Lipinski definition) is 2. The minimum atomic E-state index is -4.06. The SMILES string of the molecule is CCNC(=NCC1(CCOC)CCCC1)NCCCCC(F)(F)F.I. The van der Waals surface area contributed by atoms with Crippen molar-refractivity contribution in [3.05, 3.63) is 0 Å². The highest BCUT2D eigenvalue weighted by molar-refractivity contribution is 14.0. The largest absolute Gasteiger partial charge is 0.389 e. The molecule has 1 fully saturated rings. The molecule has 0 amide bonds. The Labute approximate surface area is 166 Å². The number of alkyl halides is 3. The molecule has 0 saturated heterocycles. The van der Waals surface area contributed by atoms with Crippen LogP contribution in [0.4, 0.5) is 13.2 Å². The third kappa shape index (κ3) is 11.1. The van der Waals surface area contributed by atoms with Crippen LogP contribution in [0.5, 0.6) is 0 Å². The van der Waals surface area contributed by atoms with Gasteiger partial charge in [0.2, 0.25) is 0 Å². The van der Waals surface area contributed by atoms with E-state index < -0.39 is 12.6 Å². The Bertz CT molecular complexity index is 373. The molecule has 0 heterocycles. The maximum absolute atomic E-state index is 12.1. The summed E-state index contributed by atoms with van der Waals surface area (Å²) in [5.74, 6) is 0.702. The summed E-state index contributed by atoms with van der Waals surface area (Å²) in [5.41, 5.74) is 0.217. The molecule has 150 valence electrons. The number of ether oxygens (including phenoxy) is 1. The fraction of sp³-hybridized carbons (Fsp3) is 0.941. The van der Waals surface area contributed by atoms with Gasteiger partial charge in [-0.2, -0.15) is 13.2 Å². The van der Waals surface area contributed by atoms with Gasteiger partial charge in [0.05, 0.1) is 0 Å². The number of methoxy groups -OCH3 is 1. The zero-order valence-corrected chi connectivity index (χ0v) is 17.7. The number of hydrogen-bond donors (Lipinski definition) is 2. The van der Waals surface area contributed by atoms with Crippen molar-refractivity contribution in [2.45, 2.75) is 64.5 Å². The monoisotopic (exact) mass is 479 g/mol. The van der Waals surface area contributed by atoms with Gasteiger partial charge in [-0.3, -0.25) is 4.99 Å². The molecule has 0 atom stereocenters. The summed E-state index contributed by atoms with van der Waals surface area (Å²) in [6.45, 7) is 4.72. The summed E-state index contributed by atoms with van der Waals surface area (Å²) < 4.78 is 41.6. The quantitative estimate of drug-likeness (QED) is 0.210. The molecule has 1 aliphatic rings. The number of nitrogens with one attached hydrogen (secondary N) is 2. The van der Waals surface area contributed by atoms with E-state index in [1.54, 1.807) is 7.11 Å². The predicted octanol–water partition coefficient (Wildman–Crippen LogP) is 4.49.